The van der Waals surface area contributed by atoms with Gasteiger partial charge in [-0.25, -0.2) is 0 Å². The van der Waals surface area contributed by atoms with Gasteiger partial charge in [0.2, 0.25) is 0 Å². The number of nitro groups is 1. The summed E-state index contributed by atoms with van der Waals surface area (Å²) in [6.45, 7) is 0.174. The van der Waals surface area contributed by atoms with Crippen LogP contribution < -0.4 is 4.74 Å². The fourth-order valence-corrected chi connectivity index (χ4v) is 2.25. The first-order valence-electron chi connectivity index (χ1n) is 5.48. The third kappa shape index (κ3) is 3.62. The van der Waals surface area contributed by atoms with Crippen molar-refractivity contribution in [2.45, 2.75) is 6.61 Å². The third-order valence-electron chi connectivity index (χ3n) is 2.52. The van der Waals surface area contributed by atoms with Crippen LogP contribution in [-0.2, 0) is 6.61 Å². The summed E-state index contributed by atoms with van der Waals surface area (Å²) in [7, 11) is 0. The predicted molar refractivity (Wildman–Crippen MR) is 81.6 cm³/mol. The van der Waals surface area contributed by atoms with Gasteiger partial charge in [0.25, 0.3) is 5.69 Å². The molecule has 0 heterocycles. The Balaban J connectivity index is 2.15. The van der Waals surface area contributed by atoms with E-state index in [9.17, 15) is 10.1 Å². The van der Waals surface area contributed by atoms with Gasteiger partial charge in [0.05, 0.1) is 15.0 Å². The molecule has 0 aliphatic heterocycles. The van der Waals surface area contributed by atoms with Crippen LogP contribution in [0.25, 0.3) is 0 Å². The van der Waals surface area contributed by atoms with Crippen molar-refractivity contribution in [2.75, 3.05) is 0 Å². The van der Waals surface area contributed by atoms with Crippen molar-refractivity contribution in [2.24, 2.45) is 0 Å². The molecule has 0 atom stereocenters. The summed E-state index contributed by atoms with van der Waals surface area (Å²) >= 11 is 15.3. The van der Waals surface area contributed by atoms with Crippen molar-refractivity contribution in [1.29, 1.82) is 0 Å². The molecule has 0 aromatic heterocycles. The Morgan fingerprint density at radius 1 is 1.15 bits per heavy atom. The average Bonchev–Trinajstić information content (AvgIpc) is 2.40. The van der Waals surface area contributed by atoms with E-state index >= 15 is 0 Å². The zero-order valence-corrected chi connectivity index (χ0v) is 13.1. The first kappa shape index (κ1) is 15.1. The minimum atomic E-state index is -0.498. The van der Waals surface area contributed by atoms with Gasteiger partial charge < -0.3 is 4.74 Å². The molecule has 0 unspecified atom stereocenters. The molecule has 2 aromatic rings. The molecule has 0 amide bonds. The van der Waals surface area contributed by atoms with Crippen LogP contribution in [0.2, 0.25) is 10.0 Å². The second kappa shape index (κ2) is 6.43. The van der Waals surface area contributed by atoms with E-state index in [0.717, 1.165) is 4.47 Å². The van der Waals surface area contributed by atoms with Gasteiger partial charge in [-0.3, -0.25) is 10.1 Å². The first-order valence-corrected chi connectivity index (χ1v) is 7.03. The Morgan fingerprint density at radius 3 is 2.55 bits per heavy atom. The van der Waals surface area contributed by atoms with Crippen molar-refractivity contribution in [1.82, 2.24) is 0 Å². The van der Waals surface area contributed by atoms with Gasteiger partial charge in [-0.2, -0.15) is 0 Å². The molecule has 20 heavy (non-hydrogen) atoms. The summed E-state index contributed by atoms with van der Waals surface area (Å²) in [4.78, 5) is 10.1. The Kier molecular flexibility index (Phi) is 4.86. The Morgan fingerprint density at radius 2 is 1.90 bits per heavy atom. The van der Waals surface area contributed by atoms with Crippen molar-refractivity contribution in [3.63, 3.8) is 0 Å². The average molecular weight is 377 g/mol. The summed E-state index contributed by atoms with van der Waals surface area (Å²) in [5.41, 5.74) is 0.590. The van der Waals surface area contributed by atoms with E-state index in [4.69, 9.17) is 27.9 Å². The largest absolute Gasteiger partial charge is 0.487 e. The van der Waals surface area contributed by atoms with Crippen molar-refractivity contribution in [3.8, 4) is 5.75 Å². The molecule has 0 aliphatic carbocycles. The number of hydrogen-bond acceptors (Lipinski definition) is 3. The highest BCUT2D eigenvalue weighted by Gasteiger charge is 2.10. The molecule has 104 valence electrons. The molecule has 0 bridgehead atoms. The van der Waals surface area contributed by atoms with Crippen molar-refractivity contribution < 1.29 is 9.66 Å². The molecule has 0 fully saturated rings. The molecule has 0 radical (unpaired) electrons. The Bertz CT molecular complexity index is 664. The van der Waals surface area contributed by atoms with E-state index < -0.39 is 4.92 Å². The van der Waals surface area contributed by atoms with Gasteiger partial charge in [0.15, 0.2) is 0 Å². The molecule has 0 saturated heterocycles. The second-order valence-corrected chi connectivity index (χ2v) is 5.63. The number of non-ortho nitro benzene ring substituents is 1. The third-order valence-corrected chi connectivity index (χ3v) is 3.68. The lowest BCUT2D eigenvalue weighted by atomic mass is 10.2. The lowest BCUT2D eigenvalue weighted by Gasteiger charge is -2.09. The quantitative estimate of drug-likeness (QED) is 0.541. The van der Waals surface area contributed by atoms with Crippen LogP contribution in [0, 0.1) is 10.1 Å². The highest BCUT2D eigenvalue weighted by atomic mass is 79.9. The zero-order valence-electron chi connectivity index (χ0n) is 9.98. The molecular weight excluding hydrogens is 369 g/mol. The highest BCUT2D eigenvalue weighted by Crippen LogP contribution is 2.30. The van der Waals surface area contributed by atoms with E-state index in [2.05, 4.69) is 15.9 Å². The van der Waals surface area contributed by atoms with Gasteiger partial charge in [-0.05, 0) is 24.3 Å². The molecule has 0 saturated carbocycles. The summed E-state index contributed by atoms with van der Waals surface area (Å²) in [6.07, 6.45) is 0. The minimum absolute atomic E-state index is 0.0563. The minimum Gasteiger partial charge on any atom is -0.487 e. The number of ether oxygens (including phenoxy) is 1. The second-order valence-electron chi connectivity index (χ2n) is 3.90. The smallest absolute Gasteiger partial charge is 0.270 e. The first-order chi connectivity index (χ1) is 9.47. The number of benzene rings is 2. The van der Waals surface area contributed by atoms with Gasteiger partial charge in [-0.1, -0.05) is 39.1 Å². The number of rotatable bonds is 4. The zero-order chi connectivity index (χ0) is 14.7. The van der Waals surface area contributed by atoms with E-state index in [0.29, 0.717) is 16.3 Å². The molecule has 4 nitrogen and oxygen atoms in total. The van der Waals surface area contributed by atoms with Crippen LogP contribution in [-0.4, -0.2) is 4.92 Å². The standard InChI is InChI=1S/C13H8BrCl2NO3/c14-9-2-4-11(15)13(5-9)20-7-8-1-3-10(17(18)19)6-12(8)16/h1-6H,7H2. The molecule has 2 aromatic carbocycles. The van der Waals surface area contributed by atoms with Gasteiger partial charge in [-0.15, -0.1) is 0 Å². The maximum Gasteiger partial charge on any atom is 0.270 e. The lowest BCUT2D eigenvalue weighted by molar-refractivity contribution is -0.384. The predicted octanol–water partition coefficient (Wildman–Crippen LogP) is 5.24. The van der Waals surface area contributed by atoms with Crippen molar-refractivity contribution in [3.05, 3.63) is 66.6 Å². The fourth-order valence-electron chi connectivity index (χ4n) is 1.51. The maximum atomic E-state index is 10.6. The Hall–Kier alpha value is -1.30. The van der Waals surface area contributed by atoms with Crippen LogP contribution in [0.15, 0.2) is 40.9 Å². The molecule has 7 heteroatoms. The monoisotopic (exact) mass is 375 g/mol. The van der Waals surface area contributed by atoms with E-state index in [1.807, 2.05) is 0 Å². The number of hydrogen-bond donors (Lipinski definition) is 0. The highest BCUT2D eigenvalue weighted by molar-refractivity contribution is 9.10. The maximum absolute atomic E-state index is 10.6. The molecule has 0 aliphatic rings. The Labute approximate surface area is 133 Å². The fraction of sp³-hybridized carbons (Fsp3) is 0.0769. The SMILES string of the molecule is O=[N+]([O-])c1ccc(COc2cc(Br)ccc2Cl)c(Cl)c1. The summed E-state index contributed by atoms with van der Waals surface area (Å²) in [5.74, 6) is 0.510. The summed E-state index contributed by atoms with van der Waals surface area (Å²) in [6, 6.07) is 9.48. The topological polar surface area (TPSA) is 52.4 Å². The van der Waals surface area contributed by atoms with E-state index in [1.54, 1.807) is 24.3 Å². The number of nitro benzene ring substituents is 1. The number of halogens is 3. The van der Waals surface area contributed by atoms with Crippen molar-refractivity contribution >= 4 is 44.8 Å². The van der Waals surface area contributed by atoms with E-state index in [1.165, 1.54) is 12.1 Å². The summed E-state index contributed by atoms with van der Waals surface area (Å²) < 4.78 is 6.41. The van der Waals surface area contributed by atoms with Crippen LogP contribution in [0.5, 0.6) is 5.75 Å². The van der Waals surface area contributed by atoms with Gasteiger partial charge in [0.1, 0.15) is 12.4 Å². The molecular formula is C13H8BrCl2NO3. The normalized spacial score (nSPS) is 10.3. The van der Waals surface area contributed by atoms with Crippen LogP contribution in [0.3, 0.4) is 0 Å². The van der Waals surface area contributed by atoms with Gasteiger partial charge >= 0.3 is 0 Å². The van der Waals surface area contributed by atoms with Crippen LogP contribution in [0.1, 0.15) is 5.56 Å². The molecule has 0 spiro atoms. The molecule has 2 rings (SSSR count). The summed E-state index contributed by atoms with van der Waals surface area (Å²) in [5, 5.41) is 11.4. The van der Waals surface area contributed by atoms with Gasteiger partial charge in [0, 0.05) is 22.2 Å². The van der Waals surface area contributed by atoms with E-state index in [-0.39, 0.29) is 17.3 Å². The molecule has 0 N–H and O–H groups in total. The van der Waals surface area contributed by atoms with Crippen LogP contribution in [0.4, 0.5) is 5.69 Å². The lowest BCUT2D eigenvalue weighted by Crippen LogP contribution is -1.98. The van der Waals surface area contributed by atoms with Crippen LogP contribution >= 0.6 is 39.1 Å². The number of nitrogens with zero attached hydrogens (tertiary/aromatic N) is 1.